The molecule has 0 bridgehead atoms. The lowest BCUT2D eigenvalue weighted by Crippen LogP contribution is -2.46. The van der Waals surface area contributed by atoms with Gasteiger partial charge in [0.15, 0.2) is 6.61 Å². The highest BCUT2D eigenvalue weighted by Gasteiger charge is 2.56. The summed E-state index contributed by atoms with van der Waals surface area (Å²) in [5.74, 6) is -2.57. The van der Waals surface area contributed by atoms with Crippen LogP contribution in [0, 0.1) is 5.92 Å². The molecule has 1 heterocycles. The van der Waals surface area contributed by atoms with Crippen LogP contribution in [0.5, 0.6) is 0 Å². The Morgan fingerprint density at radius 1 is 1.20 bits per heavy atom. The summed E-state index contributed by atoms with van der Waals surface area (Å²) >= 11 is 0. The topological polar surface area (TPSA) is 131 Å². The van der Waals surface area contributed by atoms with Crippen molar-refractivity contribution < 1.29 is 33.4 Å². The van der Waals surface area contributed by atoms with Crippen LogP contribution in [0.15, 0.2) is 24.3 Å². The molecule has 10 heteroatoms. The van der Waals surface area contributed by atoms with Crippen molar-refractivity contribution >= 4 is 35.5 Å². The van der Waals surface area contributed by atoms with E-state index < -0.39 is 48.5 Å². The molecule has 0 spiro atoms. The number of carbonyl (C=O) groups excluding carboxylic acids is 5. The van der Waals surface area contributed by atoms with Gasteiger partial charge < -0.3 is 20.1 Å². The molecular formula is C20H23N3O7. The van der Waals surface area contributed by atoms with Crippen LogP contribution in [0.1, 0.15) is 37.0 Å². The molecule has 1 aromatic carbocycles. The Hall–Kier alpha value is -3.43. The maximum Gasteiger partial charge on any atom is 0.340 e. The summed E-state index contributed by atoms with van der Waals surface area (Å²) in [7, 11) is 0. The van der Waals surface area contributed by atoms with Crippen LogP contribution in [0.2, 0.25) is 0 Å². The second kappa shape index (κ2) is 8.52. The van der Waals surface area contributed by atoms with Gasteiger partial charge in [0, 0.05) is 0 Å². The van der Waals surface area contributed by atoms with Crippen LogP contribution in [0.4, 0.5) is 10.5 Å². The maximum absolute atomic E-state index is 12.5. The Balaban J connectivity index is 1.52. The molecule has 1 aliphatic heterocycles. The highest BCUT2D eigenvalue weighted by Crippen LogP contribution is 2.42. The summed E-state index contributed by atoms with van der Waals surface area (Å²) in [6.45, 7) is 2.27. The molecule has 2 fully saturated rings. The van der Waals surface area contributed by atoms with Gasteiger partial charge in [-0.2, -0.15) is 0 Å². The van der Waals surface area contributed by atoms with Crippen LogP contribution in [0.25, 0.3) is 0 Å². The van der Waals surface area contributed by atoms with Gasteiger partial charge in [0.25, 0.3) is 11.8 Å². The van der Waals surface area contributed by atoms with Crippen LogP contribution >= 0.6 is 0 Å². The fourth-order valence-corrected chi connectivity index (χ4v) is 3.28. The summed E-state index contributed by atoms with van der Waals surface area (Å²) in [6, 6.07) is 5.60. The number of nitrogens with zero attached hydrogens (tertiary/aromatic N) is 1. The van der Waals surface area contributed by atoms with E-state index >= 15 is 0 Å². The van der Waals surface area contributed by atoms with E-state index in [1.165, 1.54) is 12.1 Å². The van der Waals surface area contributed by atoms with Crippen molar-refractivity contribution in [2.45, 2.75) is 32.2 Å². The number of nitrogens with one attached hydrogen (secondary N) is 2. The molecule has 3 rings (SSSR count). The predicted molar refractivity (Wildman–Crippen MR) is 103 cm³/mol. The van der Waals surface area contributed by atoms with Crippen LogP contribution in [-0.2, 0) is 23.9 Å². The summed E-state index contributed by atoms with van der Waals surface area (Å²) in [6.07, 6.45) is 1.68. The minimum absolute atomic E-state index is 0.0696. The molecule has 1 atom stereocenters. The first kappa shape index (κ1) is 21.3. The van der Waals surface area contributed by atoms with Gasteiger partial charge in [-0.1, -0.05) is 12.1 Å². The summed E-state index contributed by atoms with van der Waals surface area (Å²) in [4.78, 5) is 61.5. The van der Waals surface area contributed by atoms with Gasteiger partial charge in [0.05, 0.1) is 17.9 Å². The number of anilines is 1. The molecule has 2 N–H and O–H groups in total. The molecule has 1 saturated heterocycles. The van der Waals surface area contributed by atoms with Crippen molar-refractivity contribution in [3.8, 4) is 0 Å². The van der Waals surface area contributed by atoms with Gasteiger partial charge in [-0.15, -0.1) is 0 Å². The summed E-state index contributed by atoms with van der Waals surface area (Å²) < 4.78 is 9.82. The largest absolute Gasteiger partial charge is 0.462 e. The highest BCUT2D eigenvalue weighted by atomic mass is 16.5. The van der Waals surface area contributed by atoms with Crippen molar-refractivity contribution in [3.05, 3.63) is 29.8 Å². The van der Waals surface area contributed by atoms with E-state index in [4.69, 9.17) is 9.47 Å². The lowest BCUT2D eigenvalue weighted by atomic mass is 9.96. The number of para-hydroxylation sites is 1. The number of benzene rings is 1. The number of hydrogen-bond acceptors (Lipinski definition) is 7. The van der Waals surface area contributed by atoms with Gasteiger partial charge in [0.2, 0.25) is 0 Å². The average molecular weight is 417 g/mol. The first-order valence-corrected chi connectivity index (χ1v) is 9.62. The minimum atomic E-state index is -0.994. The zero-order valence-corrected chi connectivity index (χ0v) is 16.7. The highest BCUT2D eigenvalue weighted by molar-refractivity contribution is 6.09. The van der Waals surface area contributed by atoms with E-state index in [-0.39, 0.29) is 23.8 Å². The third kappa shape index (κ3) is 4.42. The lowest BCUT2D eigenvalue weighted by molar-refractivity contribution is -0.150. The molecule has 1 aliphatic carbocycles. The Bertz CT molecular complexity index is 896. The zero-order valence-electron chi connectivity index (χ0n) is 16.7. The van der Waals surface area contributed by atoms with E-state index in [9.17, 15) is 24.0 Å². The van der Waals surface area contributed by atoms with Gasteiger partial charge >= 0.3 is 18.0 Å². The number of esters is 2. The quantitative estimate of drug-likeness (QED) is 0.478. The molecule has 1 saturated carbocycles. The molecule has 30 heavy (non-hydrogen) atoms. The molecular weight excluding hydrogens is 394 g/mol. The van der Waals surface area contributed by atoms with Crippen LogP contribution < -0.4 is 10.6 Å². The average Bonchev–Trinajstić information content (AvgIpc) is 3.53. The zero-order chi connectivity index (χ0) is 21.9. The number of imide groups is 1. The van der Waals surface area contributed by atoms with E-state index in [0.29, 0.717) is 0 Å². The van der Waals surface area contributed by atoms with Gasteiger partial charge in [-0.3, -0.25) is 19.3 Å². The Kier molecular flexibility index (Phi) is 6.04. The van der Waals surface area contributed by atoms with Gasteiger partial charge in [-0.05, 0) is 44.7 Å². The number of urea groups is 1. The first-order chi connectivity index (χ1) is 14.3. The van der Waals surface area contributed by atoms with Crippen molar-refractivity contribution in [2.24, 2.45) is 5.92 Å². The number of rotatable bonds is 8. The monoisotopic (exact) mass is 417 g/mol. The number of ether oxygens (including phenoxy) is 2. The van der Waals surface area contributed by atoms with Crippen LogP contribution in [0.3, 0.4) is 0 Å². The predicted octanol–water partition coefficient (Wildman–Crippen LogP) is 1.07. The number of amides is 4. The molecule has 0 unspecified atom stereocenters. The Morgan fingerprint density at radius 2 is 1.90 bits per heavy atom. The summed E-state index contributed by atoms with van der Waals surface area (Å²) in [5, 5.41) is 5.10. The molecule has 1 aromatic rings. The van der Waals surface area contributed by atoms with Crippen molar-refractivity contribution in [2.75, 3.05) is 25.1 Å². The first-order valence-electron chi connectivity index (χ1n) is 9.62. The Morgan fingerprint density at radius 3 is 2.57 bits per heavy atom. The Labute approximate surface area is 172 Å². The van der Waals surface area contributed by atoms with Crippen molar-refractivity contribution in [1.82, 2.24) is 10.2 Å². The smallest absolute Gasteiger partial charge is 0.340 e. The second-order valence-electron chi connectivity index (χ2n) is 7.27. The molecule has 0 aromatic heterocycles. The van der Waals surface area contributed by atoms with Gasteiger partial charge in [0.1, 0.15) is 12.1 Å². The van der Waals surface area contributed by atoms with E-state index in [1.54, 1.807) is 26.0 Å². The maximum atomic E-state index is 12.5. The molecule has 4 amide bonds. The van der Waals surface area contributed by atoms with Crippen molar-refractivity contribution in [3.63, 3.8) is 0 Å². The van der Waals surface area contributed by atoms with Crippen molar-refractivity contribution in [1.29, 1.82) is 0 Å². The van der Waals surface area contributed by atoms with Crippen LogP contribution in [-0.4, -0.2) is 60.0 Å². The standard InChI is InChI=1S/C20H23N3O7/c1-3-29-17(26)13-6-4-5-7-14(13)21-15(24)11-30-16(25)10-23-18(27)20(2,12-8-9-12)22-19(23)28/h4-7,12H,3,8-11H2,1-2H3,(H,21,24)(H,22,28)/t20-/m0/s1. The third-order valence-electron chi connectivity index (χ3n) is 5.04. The lowest BCUT2D eigenvalue weighted by Gasteiger charge is -2.20. The number of carbonyl (C=O) groups is 5. The van der Waals surface area contributed by atoms with Gasteiger partial charge in [-0.25, -0.2) is 9.59 Å². The third-order valence-corrected chi connectivity index (χ3v) is 5.04. The molecule has 2 aliphatic rings. The SMILES string of the molecule is CCOC(=O)c1ccccc1NC(=O)COC(=O)CN1C(=O)N[C@@](C)(C2CC2)C1=O. The fraction of sp³-hybridized carbons (Fsp3) is 0.450. The normalized spacial score (nSPS) is 20.5. The van der Waals surface area contributed by atoms with E-state index in [2.05, 4.69) is 10.6 Å². The summed E-state index contributed by atoms with van der Waals surface area (Å²) in [5.41, 5.74) is -0.616. The fourth-order valence-electron chi connectivity index (χ4n) is 3.28. The van der Waals surface area contributed by atoms with E-state index in [1.807, 2.05) is 0 Å². The molecule has 10 nitrogen and oxygen atoms in total. The number of hydrogen-bond donors (Lipinski definition) is 2. The second-order valence-corrected chi connectivity index (χ2v) is 7.27. The minimum Gasteiger partial charge on any atom is -0.462 e. The molecule has 160 valence electrons. The van der Waals surface area contributed by atoms with E-state index in [0.717, 1.165) is 17.7 Å². The molecule has 0 radical (unpaired) electrons.